The fourth-order valence-electron chi connectivity index (χ4n) is 2.43. The molecule has 3 aromatic rings. The summed E-state index contributed by atoms with van der Waals surface area (Å²) in [5.74, 6) is 0. The molecule has 0 heterocycles. The maximum absolute atomic E-state index is 2.31. The van der Waals surface area contributed by atoms with E-state index in [-0.39, 0.29) is 0 Å². The van der Waals surface area contributed by atoms with Crippen LogP contribution in [0.5, 0.6) is 0 Å². The van der Waals surface area contributed by atoms with Crippen molar-refractivity contribution in [3.63, 3.8) is 0 Å². The van der Waals surface area contributed by atoms with E-state index in [0.29, 0.717) is 0 Å². The quantitative estimate of drug-likeness (QED) is 0.449. The van der Waals surface area contributed by atoms with Crippen LogP contribution >= 0.6 is 23.5 Å². The molecule has 0 atom stereocenters. The molecule has 0 bridgehead atoms. The largest absolute Gasteiger partial charge is 0.129 e. The van der Waals surface area contributed by atoms with E-state index in [1.54, 1.807) is 0 Å². The number of thioether (sulfide) groups is 2. The first-order valence-electron chi connectivity index (χ1n) is 5.87. The standard InChI is InChI=1S/C16H14S2/c1-17-14-9-5-6-11-10-15(18-2)12-7-3-4-8-13(12)16(11)14/h3-10H,1-2H3. The van der Waals surface area contributed by atoms with Gasteiger partial charge in [-0.1, -0.05) is 36.4 Å². The zero-order chi connectivity index (χ0) is 12.5. The SMILES string of the molecule is CSc1cc2cccc(SC)c2c2ccccc12. The van der Waals surface area contributed by atoms with Gasteiger partial charge in [0.2, 0.25) is 0 Å². The average molecular weight is 270 g/mol. The lowest BCUT2D eigenvalue weighted by Gasteiger charge is -2.11. The Labute approximate surface area is 116 Å². The van der Waals surface area contributed by atoms with Crippen LogP contribution < -0.4 is 0 Å². The molecule has 0 unspecified atom stereocenters. The van der Waals surface area contributed by atoms with Crippen molar-refractivity contribution in [1.29, 1.82) is 0 Å². The fraction of sp³-hybridized carbons (Fsp3) is 0.125. The van der Waals surface area contributed by atoms with Crippen LogP contribution in [-0.4, -0.2) is 12.5 Å². The number of hydrogen-bond acceptors (Lipinski definition) is 2. The molecule has 0 amide bonds. The highest BCUT2D eigenvalue weighted by Gasteiger charge is 2.08. The molecule has 18 heavy (non-hydrogen) atoms. The molecule has 0 N–H and O–H groups in total. The monoisotopic (exact) mass is 270 g/mol. The molecule has 0 nitrogen and oxygen atoms in total. The zero-order valence-electron chi connectivity index (χ0n) is 10.4. The van der Waals surface area contributed by atoms with Crippen LogP contribution in [0, 0.1) is 0 Å². The van der Waals surface area contributed by atoms with Crippen LogP contribution in [0.2, 0.25) is 0 Å². The lowest BCUT2D eigenvalue weighted by atomic mass is 10.0. The van der Waals surface area contributed by atoms with E-state index >= 15 is 0 Å². The van der Waals surface area contributed by atoms with Crippen molar-refractivity contribution < 1.29 is 0 Å². The molecule has 0 radical (unpaired) electrons. The van der Waals surface area contributed by atoms with E-state index in [1.807, 2.05) is 23.5 Å². The summed E-state index contributed by atoms with van der Waals surface area (Å²) in [4.78, 5) is 2.72. The zero-order valence-corrected chi connectivity index (χ0v) is 12.1. The molecular formula is C16H14S2. The Morgan fingerprint density at radius 2 is 1.44 bits per heavy atom. The summed E-state index contributed by atoms with van der Waals surface area (Å²) in [5.41, 5.74) is 0. The highest BCUT2D eigenvalue weighted by Crippen LogP contribution is 2.37. The minimum absolute atomic E-state index is 1.34. The van der Waals surface area contributed by atoms with Gasteiger partial charge in [-0.2, -0.15) is 0 Å². The highest BCUT2D eigenvalue weighted by molar-refractivity contribution is 7.99. The third-order valence-electron chi connectivity index (χ3n) is 3.25. The molecule has 90 valence electrons. The third-order valence-corrected chi connectivity index (χ3v) is 4.80. The summed E-state index contributed by atoms with van der Waals surface area (Å²) >= 11 is 3.64. The van der Waals surface area contributed by atoms with Gasteiger partial charge < -0.3 is 0 Å². The summed E-state index contributed by atoms with van der Waals surface area (Å²) in [5, 5.41) is 5.45. The smallest absolute Gasteiger partial charge is 0.0154 e. The van der Waals surface area contributed by atoms with E-state index in [9.17, 15) is 0 Å². The van der Waals surface area contributed by atoms with Crippen LogP contribution in [0.25, 0.3) is 21.5 Å². The van der Waals surface area contributed by atoms with E-state index in [0.717, 1.165) is 0 Å². The first kappa shape index (κ1) is 11.9. The van der Waals surface area contributed by atoms with Crippen molar-refractivity contribution in [3.8, 4) is 0 Å². The minimum atomic E-state index is 1.34. The molecule has 3 rings (SSSR count). The third kappa shape index (κ3) is 1.80. The molecule has 0 saturated carbocycles. The number of rotatable bonds is 2. The van der Waals surface area contributed by atoms with E-state index in [4.69, 9.17) is 0 Å². The van der Waals surface area contributed by atoms with Gasteiger partial charge in [0.25, 0.3) is 0 Å². The highest BCUT2D eigenvalue weighted by atomic mass is 32.2. The summed E-state index contributed by atoms with van der Waals surface area (Å²) in [7, 11) is 0. The topological polar surface area (TPSA) is 0 Å². The molecule has 0 aliphatic heterocycles. The maximum atomic E-state index is 2.31. The van der Waals surface area contributed by atoms with Crippen LogP contribution in [0.15, 0.2) is 58.3 Å². The lowest BCUT2D eigenvalue weighted by molar-refractivity contribution is 1.52. The van der Waals surface area contributed by atoms with Crippen molar-refractivity contribution >= 4 is 45.1 Å². The molecule has 3 aromatic carbocycles. The van der Waals surface area contributed by atoms with Gasteiger partial charge in [0.1, 0.15) is 0 Å². The van der Waals surface area contributed by atoms with Gasteiger partial charge in [0.05, 0.1) is 0 Å². The van der Waals surface area contributed by atoms with Crippen molar-refractivity contribution in [2.75, 3.05) is 12.5 Å². The lowest BCUT2D eigenvalue weighted by Crippen LogP contribution is -1.83. The van der Waals surface area contributed by atoms with Crippen molar-refractivity contribution in [2.24, 2.45) is 0 Å². The number of fused-ring (bicyclic) bond motifs is 3. The molecule has 0 aliphatic carbocycles. The Balaban J connectivity index is 2.56. The maximum Gasteiger partial charge on any atom is 0.0154 e. The van der Waals surface area contributed by atoms with E-state index in [1.165, 1.54) is 31.3 Å². The van der Waals surface area contributed by atoms with Crippen LogP contribution in [-0.2, 0) is 0 Å². The Morgan fingerprint density at radius 3 is 2.17 bits per heavy atom. The number of benzene rings is 3. The fourth-order valence-corrected chi connectivity index (χ4v) is 3.72. The molecule has 2 heteroatoms. The molecule has 0 fully saturated rings. The minimum Gasteiger partial charge on any atom is -0.129 e. The molecule has 0 aromatic heterocycles. The summed E-state index contributed by atoms with van der Waals surface area (Å²) in [6.07, 6.45) is 4.29. The van der Waals surface area contributed by atoms with E-state index < -0.39 is 0 Å². The normalized spacial score (nSPS) is 11.2. The molecule has 0 spiro atoms. The van der Waals surface area contributed by atoms with Crippen molar-refractivity contribution in [3.05, 3.63) is 48.5 Å². The van der Waals surface area contributed by atoms with Crippen molar-refractivity contribution in [1.82, 2.24) is 0 Å². The van der Waals surface area contributed by atoms with E-state index in [2.05, 4.69) is 61.0 Å². The Hall–Kier alpha value is -1.12. The summed E-state index contributed by atoms with van der Waals surface area (Å²) in [6, 6.07) is 17.6. The predicted octanol–water partition coefficient (Wildman–Crippen LogP) is 5.44. The molecule has 0 aliphatic rings. The second-order valence-electron chi connectivity index (χ2n) is 4.18. The second kappa shape index (κ2) is 4.87. The Bertz CT molecular complexity index is 715. The Kier molecular flexibility index (Phi) is 3.23. The van der Waals surface area contributed by atoms with Gasteiger partial charge in [-0.3, -0.25) is 0 Å². The van der Waals surface area contributed by atoms with Gasteiger partial charge in [0.15, 0.2) is 0 Å². The van der Waals surface area contributed by atoms with Gasteiger partial charge >= 0.3 is 0 Å². The Morgan fingerprint density at radius 1 is 0.722 bits per heavy atom. The van der Waals surface area contributed by atoms with Crippen LogP contribution in [0.4, 0.5) is 0 Å². The van der Waals surface area contributed by atoms with Crippen LogP contribution in [0.3, 0.4) is 0 Å². The first-order valence-corrected chi connectivity index (χ1v) is 8.32. The van der Waals surface area contributed by atoms with Crippen LogP contribution in [0.1, 0.15) is 0 Å². The first-order chi connectivity index (χ1) is 8.85. The summed E-state index contributed by atoms with van der Waals surface area (Å²) < 4.78 is 0. The average Bonchev–Trinajstić information content (AvgIpc) is 2.45. The van der Waals surface area contributed by atoms with Gasteiger partial charge in [0, 0.05) is 15.2 Å². The van der Waals surface area contributed by atoms with Gasteiger partial charge in [-0.05, 0) is 40.8 Å². The predicted molar refractivity (Wildman–Crippen MR) is 85.0 cm³/mol. The summed E-state index contributed by atoms with van der Waals surface area (Å²) in [6.45, 7) is 0. The van der Waals surface area contributed by atoms with Crippen molar-refractivity contribution in [2.45, 2.75) is 9.79 Å². The molecular weight excluding hydrogens is 256 g/mol. The second-order valence-corrected chi connectivity index (χ2v) is 5.88. The van der Waals surface area contributed by atoms with Gasteiger partial charge in [-0.25, -0.2) is 0 Å². The number of hydrogen-bond donors (Lipinski definition) is 0. The molecule has 0 saturated heterocycles. The van der Waals surface area contributed by atoms with Gasteiger partial charge in [-0.15, -0.1) is 23.5 Å².